The van der Waals surface area contributed by atoms with Crippen molar-refractivity contribution in [1.82, 2.24) is 4.98 Å². The van der Waals surface area contributed by atoms with E-state index in [4.69, 9.17) is 26.6 Å². The van der Waals surface area contributed by atoms with Gasteiger partial charge in [-0.2, -0.15) is 0 Å². The molecular weight excluding hydrogens is 631 g/mol. The third-order valence-corrected chi connectivity index (χ3v) is 6.60. The number of rotatable bonds is 12. The third-order valence-electron chi connectivity index (χ3n) is 6.38. The Kier molecular flexibility index (Phi) is 21.8. The first-order valence-electron chi connectivity index (χ1n) is 13.9. The fourth-order valence-corrected chi connectivity index (χ4v) is 5.19. The van der Waals surface area contributed by atoms with E-state index in [0.29, 0.717) is 5.02 Å². The smallest absolute Gasteiger partial charge is 1.00 e. The van der Waals surface area contributed by atoms with Gasteiger partial charge in [0.05, 0.1) is 35.2 Å². The van der Waals surface area contributed by atoms with E-state index >= 15 is 0 Å². The van der Waals surface area contributed by atoms with Crippen molar-refractivity contribution in [2.45, 2.75) is 92.9 Å². The van der Waals surface area contributed by atoms with Crippen molar-refractivity contribution in [2.75, 3.05) is 0 Å². The van der Waals surface area contributed by atoms with E-state index < -0.39 is 0 Å². The van der Waals surface area contributed by atoms with Crippen LogP contribution in [0.3, 0.4) is 0 Å². The molecule has 0 aliphatic carbocycles. The summed E-state index contributed by atoms with van der Waals surface area (Å²) in [6.45, 7) is 13.2. The van der Waals surface area contributed by atoms with Crippen LogP contribution in [0.2, 0.25) is 5.02 Å². The van der Waals surface area contributed by atoms with Crippen LogP contribution in [0.5, 0.6) is 0 Å². The van der Waals surface area contributed by atoms with Crippen LogP contribution in [0.15, 0.2) is 46.4 Å². The predicted molar refractivity (Wildman–Crippen MR) is 162 cm³/mol. The second-order valence-electron chi connectivity index (χ2n) is 10.0. The quantitative estimate of drug-likeness (QED) is 0.261. The van der Waals surface area contributed by atoms with Gasteiger partial charge in [0.15, 0.2) is 0 Å². The average molecular weight is 673 g/mol. The molecule has 222 valence electrons. The van der Waals surface area contributed by atoms with E-state index in [9.17, 15) is 0 Å². The SMILES string of the molecule is CCCc1cc(C)cc(CCC)c1N=Cc1cc(Cl)cc(C=Nc2c(CCC)cc(C)cc2CCC)n1.[Cl-].[Cl-].[Cl-].[V+3]. The van der Waals surface area contributed by atoms with Crippen molar-refractivity contribution in [3.05, 3.63) is 86.2 Å². The first-order valence-corrected chi connectivity index (χ1v) is 14.3. The number of aromatic nitrogens is 1. The predicted octanol–water partition coefficient (Wildman–Crippen LogP) is 0.673. The maximum atomic E-state index is 6.52. The molecule has 3 aromatic rings. The summed E-state index contributed by atoms with van der Waals surface area (Å²) in [6, 6.07) is 12.8. The molecule has 0 saturated heterocycles. The topological polar surface area (TPSA) is 37.6 Å². The zero-order valence-electron chi connectivity index (χ0n) is 25.1. The molecule has 0 fully saturated rings. The summed E-state index contributed by atoms with van der Waals surface area (Å²) < 4.78 is 0. The number of pyridine rings is 1. The number of halogens is 4. The molecule has 8 heteroatoms. The number of hydrogen-bond acceptors (Lipinski definition) is 3. The third kappa shape index (κ3) is 12.4. The molecule has 0 radical (unpaired) electrons. The maximum Gasteiger partial charge on any atom is 3.00 e. The number of nitrogens with zero attached hydrogens (tertiary/aromatic N) is 3. The van der Waals surface area contributed by atoms with Crippen molar-refractivity contribution in [1.29, 1.82) is 0 Å². The first-order chi connectivity index (χ1) is 17.9. The first kappa shape index (κ1) is 41.8. The maximum absolute atomic E-state index is 6.52. The zero-order chi connectivity index (χ0) is 26.8. The molecule has 41 heavy (non-hydrogen) atoms. The molecule has 0 aliphatic heterocycles. The Bertz CT molecular complexity index is 1130. The minimum absolute atomic E-state index is 0. The van der Waals surface area contributed by atoms with Gasteiger partial charge in [0.25, 0.3) is 0 Å². The Morgan fingerprint density at radius 1 is 0.585 bits per heavy atom. The summed E-state index contributed by atoms with van der Waals surface area (Å²) >= 11 is 6.52. The standard InChI is InChI=1S/C33H42ClN3.3ClH.V/c1-7-11-25-15-23(5)16-26(12-8-2)32(25)35-21-30-19-29(34)20-31(37-30)22-36-33-27(13-9-3)17-24(6)18-28(33)14-10-4;;;;/h15-22H,7-14H2,1-6H3;3*1H;/q;;;;+3/p-3. The molecule has 0 spiro atoms. The van der Waals surface area contributed by atoms with E-state index in [1.54, 1.807) is 0 Å². The second-order valence-corrected chi connectivity index (χ2v) is 10.5. The van der Waals surface area contributed by atoms with Crippen LogP contribution in [-0.4, -0.2) is 17.4 Å². The van der Waals surface area contributed by atoms with Gasteiger partial charge in [-0.05, 0) is 73.9 Å². The summed E-state index contributed by atoms with van der Waals surface area (Å²) in [4.78, 5) is 14.7. The Morgan fingerprint density at radius 2 is 0.878 bits per heavy atom. The summed E-state index contributed by atoms with van der Waals surface area (Å²) in [7, 11) is 0. The molecule has 0 atom stereocenters. The molecule has 0 unspecified atom stereocenters. The molecule has 0 N–H and O–H groups in total. The number of aryl methyl sites for hydroxylation is 6. The van der Waals surface area contributed by atoms with Crippen LogP contribution >= 0.6 is 11.6 Å². The Balaban J connectivity index is 0. The number of hydrogen-bond donors (Lipinski definition) is 0. The summed E-state index contributed by atoms with van der Waals surface area (Å²) in [5.41, 5.74) is 11.5. The largest absolute Gasteiger partial charge is 3.00 e. The van der Waals surface area contributed by atoms with E-state index in [-0.39, 0.29) is 55.8 Å². The molecule has 2 aromatic carbocycles. The minimum Gasteiger partial charge on any atom is -1.00 e. The van der Waals surface area contributed by atoms with E-state index in [1.165, 1.54) is 33.4 Å². The molecule has 1 aromatic heterocycles. The molecule has 0 bridgehead atoms. The van der Waals surface area contributed by atoms with Crippen LogP contribution in [-0.2, 0) is 44.2 Å². The van der Waals surface area contributed by atoms with Crippen LogP contribution in [0, 0.1) is 13.8 Å². The van der Waals surface area contributed by atoms with Crippen LogP contribution in [0.4, 0.5) is 11.4 Å². The van der Waals surface area contributed by atoms with Gasteiger partial charge in [0, 0.05) is 5.02 Å². The van der Waals surface area contributed by atoms with Crippen molar-refractivity contribution in [2.24, 2.45) is 9.98 Å². The monoisotopic (exact) mass is 671 g/mol. The summed E-state index contributed by atoms with van der Waals surface area (Å²) in [5.74, 6) is 0. The molecule has 3 rings (SSSR count). The molecule has 3 nitrogen and oxygen atoms in total. The number of benzene rings is 2. The summed E-state index contributed by atoms with van der Waals surface area (Å²) in [6.07, 6.45) is 12.1. The van der Waals surface area contributed by atoms with E-state index in [0.717, 1.165) is 74.1 Å². The number of aliphatic imine (C=N–C) groups is 2. The molecule has 0 saturated carbocycles. The van der Waals surface area contributed by atoms with Gasteiger partial charge in [-0.1, -0.05) is 100 Å². The van der Waals surface area contributed by atoms with Crippen molar-refractivity contribution >= 4 is 35.4 Å². The van der Waals surface area contributed by atoms with E-state index in [2.05, 4.69) is 65.8 Å². The molecule has 1 heterocycles. The molecular formula is C33H42Cl4N3V. The van der Waals surface area contributed by atoms with Crippen LogP contribution in [0.25, 0.3) is 0 Å². The minimum atomic E-state index is 0. The van der Waals surface area contributed by atoms with Gasteiger partial charge in [-0.25, -0.2) is 4.98 Å². The summed E-state index contributed by atoms with van der Waals surface area (Å²) in [5, 5.41) is 0.635. The van der Waals surface area contributed by atoms with Crippen molar-refractivity contribution < 1.29 is 55.8 Å². The Hall–Kier alpha value is -1.33. The van der Waals surface area contributed by atoms with Crippen molar-refractivity contribution in [3.63, 3.8) is 0 Å². The Labute approximate surface area is 283 Å². The van der Waals surface area contributed by atoms with Gasteiger partial charge in [-0.15, -0.1) is 0 Å². The fraction of sp³-hybridized carbons (Fsp3) is 0.424. The zero-order valence-corrected chi connectivity index (χ0v) is 29.5. The van der Waals surface area contributed by atoms with Crippen molar-refractivity contribution in [3.8, 4) is 0 Å². The normalized spacial score (nSPS) is 10.6. The van der Waals surface area contributed by atoms with Gasteiger partial charge in [0.1, 0.15) is 0 Å². The van der Waals surface area contributed by atoms with Gasteiger partial charge in [-0.3, -0.25) is 9.98 Å². The van der Waals surface area contributed by atoms with Crippen LogP contribution < -0.4 is 37.2 Å². The molecule has 0 aliphatic rings. The fourth-order valence-electron chi connectivity index (χ4n) is 4.97. The molecule has 0 amide bonds. The Morgan fingerprint density at radius 3 is 1.15 bits per heavy atom. The van der Waals surface area contributed by atoms with Gasteiger partial charge in [0.2, 0.25) is 0 Å². The van der Waals surface area contributed by atoms with Gasteiger partial charge >= 0.3 is 18.6 Å². The van der Waals surface area contributed by atoms with Gasteiger partial charge < -0.3 is 37.2 Å². The second kappa shape index (κ2) is 21.4. The average Bonchev–Trinajstić information content (AvgIpc) is 2.83. The van der Waals surface area contributed by atoms with Crippen LogP contribution in [0.1, 0.15) is 98.1 Å². The van der Waals surface area contributed by atoms with E-state index in [1.807, 2.05) is 24.6 Å².